The number of carbonyl (C=O) groups is 1. The quantitative estimate of drug-likeness (QED) is 0.612. The van der Waals surface area contributed by atoms with Crippen molar-refractivity contribution in [3.63, 3.8) is 0 Å². The summed E-state index contributed by atoms with van der Waals surface area (Å²) in [6, 6.07) is 8.33. The molecule has 0 radical (unpaired) electrons. The van der Waals surface area contributed by atoms with Gasteiger partial charge in [-0.15, -0.1) is 0 Å². The molecule has 0 unspecified atom stereocenters. The number of carboxylic acid groups (broad SMARTS) is 1. The second kappa shape index (κ2) is 8.79. The van der Waals surface area contributed by atoms with E-state index in [2.05, 4.69) is 35.2 Å². The number of hydrogen-bond donors (Lipinski definition) is 1. The summed E-state index contributed by atoms with van der Waals surface area (Å²) < 4.78 is 0. The Balaban J connectivity index is 2.73. The second-order valence-electron chi connectivity index (χ2n) is 5.70. The van der Waals surface area contributed by atoms with Crippen molar-refractivity contribution in [1.82, 2.24) is 0 Å². The highest BCUT2D eigenvalue weighted by Crippen LogP contribution is 2.14. The average molecular weight is 311 g/mol. The number of benzene rings is 1. The molecule has 0 saturated carbocycles. The molecule has 0 aliphatic carbocycles. The molecule has 1 N–H and O–H groups in total. The lowest BCUT2D eigenvalue weighted by atomic mass is 10.1. The van der Waals surface area contributed by atoms with Crippen LogP contribution in [0.3, 0.4) is 0 Å². The molecule has 0 atom stereocenters. The van der Waals surface area contributed by atoms with Gasteiger partial charge in [-0.3, -0.25) is 0 Å². The van der Waals surface area contributed by atoms with Gasteiger partial charge in [0.1, 0.15) is 0 Å². The van der Waals surface area contributed by atoms with Crippen LogP contribution in [0.15, 0.2) is 65.3 Å². The third-order valence-electron chi connectivity index (χ3n) is 3.57. The van der Waals surface area contributed by atoms with Crippen LogP contribution in [-0.2, 0) is 4.79 Å². The van der Waals surface area contributed by atoms with Crippen molar-refractivity contribution in [3.05, 3.63) is 70.9 Å². The summed E-state index contributed by atoms with van der Waals surface area (Å²) in [5, 5.41) is 8.90. The number of allylic oxidation sites excluding steroid dienone is 6. The maximum absolute atomic E-state index is 10.8. The Morgan fingerprint density at radius 1 is 1.04 bits per heavy atom. The molecule has 0 spiro atoms. The summed E-state index contributed by atoms with van der Waals surface area (Å²) in [7, 11) is 4.04. The molecule has 1 aromatic carbocycles. The molecule has 0 bridgehead atoms. The maximum Gasteiger partial charge on any atom is 0.331 e. The van der Waals surface area contributed by atoms with Gasteiger partial charge in [0, 0.05) is 25.4 Å². The number of anilines is 1. The molecule has 0 aliphatic heterocycles. The zero-order valence-electron chi connectivity index (χ0n) is 14.5. The van der Waals surface area contributed by atoms with E-state index in [0.29, 0.717) is 5.57 Å². The largest absolute Gasteiger partial charge is 0.478 e. The van der Waals surface area contributed by atoms with E-state index >= 15 is 0 Å². The molecule has 122 valence electrons. The van der Waals surface area contributed by atoms with Crippen LogP contribution in [0.4, 0.5) is 5.69 Å². The molecule has 1 rings (SSSR count). The molecular weight excluding hydrogens is 286 g/mol. The van der Waals surface area contributed by atoms with Crippen molar-refractivity contribution >= 4 is 17.7 Å². The standard InChI is InChI=1S/C20H25NO2/c1-15(7-6-8-16(2)17(3)20(22)23)9-10-18-11-13-19(14-12-18)21(4)5/h6-14H,1-5H3,(H,22,23)/b8-6+,10-9+,15-7+,17-16+. The average Bonchev–Trinajstić information content (AvgIpc) is 2.52. The fourth-order valence-electron chi connectivity index (χ4n) is 1.80. The van der Waals surface area contributed by atoms with Crippen LogP contribution in [0, 0.1) is 0 Å². The highest BCUT2D eigenvalue weighted by Gasteiger charge is 2.01. The first-order chi connectivity index (χ1) is 10.8. The van der Waals surface area contributed by atoms with E-state index in [1.807, 2.05) is 45.3 Å². The number of hydrogen-bond acceptors (Lipinski definition) is 2. The first-order valence-electron chi connectivity index (χ1n) is 7.52. The summed E-state index contributed by atoms with van der Waals surface area (Å²) >= 11 is 0. The van der Waals surface area contributed by atoms with Crippen molar-refractivity contribution in [2.45, 2.75) is 20.8 Å². The van der Waals surface area contributed by atoms with Crippen LogP contribution < -0.4 is 4.90 Å². The molecule has 0 amide bonds. The van der Waals surface area contributed by atoms with Gasteiger partial charge in [-0.25, -0.2) is 4.79 Å². The zero-order chi connectivity index (χ0) is 17.4. The number of nitrogens with zero attached hydrogens (tertiary/aromatic N) is 1. The summed E-state index contributed by atoms with van der Waals surface area (Å²) in [4.78, 5) is 12.9. The van der Waals surface area contributed by atoms with E-state index in [0.717, 1.165) is 16.7 Å². The Bertz CT molecular complexity index is 659. The normalized spacial score (nSPS) is 13.5. The van der Waals surface area contributed by atoms with E-state index in [-0.39, 0.29) is 0 Å². The molecule has 0 saturated heterocycles. The predicted octanol–water partition coefficient (Wildman–Crippen LogP) is 4.69. The highest BCUT2D eigenvalue weighted by atomic mass is 16.4. The van der Waals surface area contributed by atoms with E-state index in [1.165, 1.54) is 5.69 Å². The minimum absolute atomic E-state index is 0.365. The van der Waals surface area contributed by atoms with Crippen molar-refractivity contribution in [2.24, 2.45) is 0 Å². The first kappa shape index (κ1) is 18.5. The van der Waals surface area contributed by atoms with Gasteiger partial charge in [0.2, 0.25) is 0 Å². The van der Waals surface area contributed by atoms with Gasteiger partial charge in [0.15, 0.2) is 0 Å². The smallest absolute Gasteiger partial charge is 0.331 e. The Morgan fingerprint density at radius 3 is 2.17 bits per heavy atom. The monoisotopic (exact) mass is 311 g/mol. The summed E-state index contributed by atoms with van der Waals surface area (Å²) in [5.41, 5.74) is 4.53. The van der Waals surface area contributed by atoms with Crippen molar-refractivity contribution in [3.8, 4) is 0 Å². The van der Waals surface area contributed by atoms with E-state index in [9.17, 15) is 4.79 Å². The van der Waals surface area contributed by atoms with Crippen LogP contribution in [0.5, 0.6) is 0 Å². The Morgan fingerprint density at radius 2 is 1.65 bits per heavy atom. The van der Waals surface area contributed by atoms with Crippen LogP contribution in [0.25, 0.3) is 6.08 Å². The first-order valence-corrected chi connectivity index (χ1v) is 7.52. The highest BCUT2D eigenvalue weighted by molar-refractivity contribution is 5.87. The van der Waals surface area contributed by atoms with E-state index < -0.39 is 5.97 Å². The van der Waals surface area contributed by atoms with Crippen molar-refractivity contribution in [1.29, 1.82) is 0 Å². The molecule has 3 heteroatoms. The minimum Gasteiger partial charge on any atom is -0.478 e. The van der Waals surface area contributed by atoms with Crippen LogP contribution >= 0.6 is 0 Å². The van der Waals surface area contributed by atoms with Gasteiger partial charge in [-0.05, 0) is 44.0 Å². The van der Waals surface area contributed by atoms with Crippen molar-refractivity contribution < 1.29 is 9.90 Å². The number of rotatable bonds is 6. The topological polar surface area (TPSA) is 40.5 Å². The third-order valence-corrected chi connectivity index (χ3v) is 3.57. The minimum atomic E-state index is -0.881. The van der Waals surface area contributed by atoms with Gasteiger partial charge < -0.3 is 10.0 Å². The lowest BCUT2D eigenvalue weighted by Crippen LogP contribution is -2.07. The van der Waals surface area contributed by atoms with Gasteiger partial charge >= 0.3 is 5.97 Å². The zero-order valence-corrected chi connectivity index (χ0v) is 14.5. The van der Waals surface area contributed by atoms with Gasteiger partial charge in [0.05, 0.1) is 0 Å². The maximum atomic E-state index is 10.8. The summed E-state index contributed by atoms with van der Waals surface area (Å²) in [6.45, 7) is 5.42. The van der Waals surface area contributed by atoms with Crippen LogP contribution in [0.1, 0.15) is 26.3 Å². The Hall–Kier alpha value is -2.55. The fourth-order valence-corrected chi connectivity index (χ4v) is 1.80. The van der Waals surface area contributed by atoms with Crippen LogP contribution in [0.2, 0.25) is 0 Å². The number of aliphatic carboxylic acids is 1. The molecule has 1 aromatic rings. The molecule has 0 aliphatic rings. The lowest BCUT2D eigenvalue weighted by Gasteiger charge is -2.11. The van der Waals surface area contributed by atoms with E-state index in [1.54, 1.807) is 13.8 Å². The molecule has 0 heterocycles. The van der Waals surface area contributed by atoms with Gasteiger partial charge in [-0.1, -0.05) is 48.1 Å². The van der Waals surface area contributed by atoms with E-state index in [4.69, 9.17) is 5.11 Å². The summed E-state index contributed by atoms with van der Waals surface area (Å²) in [5.74, 6) is -0.881. The second-order valence-corrected chi connectivity index (χ2v) is 5.70. The summed E-state index contributed by atoms with van der Waals surface area (Å²) in [6.07, 6.45) is 9.75. The molecule has 0 fully saturated rings. The molecule has 3 nitrogen and oxygen atoms in total. The molecule has 23 heavy (non-hydrogen) atoms. The van der Waals surface area contributed by atoms with Gasteiger partial charge in [0.25, 0.3) is 0 Å². The SMILES string of the molecule is CC(/C=C/c1ccc(N(C)C)cc1)=C\C=C\C(C)=C(/C)C(=O)O. The Labute approximate surface area is 138 Å². The number of carboxylic acids is 1. The molecule has 0 aromatic heterocycles. The fraction of sp³-hybridized carbons (Fsp3) is 0.250. The van der Waals surface area contributed by atoms with Crippen molar-refractivity contribution in [2.75, 3.05) is 19.0 Å². The Kier molecular flexibility index (Phi) is 7.07. The predicted molar refractivity (Wildman–Crippen MR) is 98.7 cm³/mol. The van der Waals surface area contributed by atoms with Gasteiger partial charge in [-0.2, -0.15) is 0 Å². The molecular formula is C20H25NO2. The van der Waals surface area contributed by atoms with Crippen LogP contribution in [-0.4, -0.2) is 25.2 Å². The third kappa shape index (κ3) is 6.39. The lowest BCUT2D eigenvalue weighted by molar-refractivity contribution is -0.132.